The highest BCUT2D eigenvalue weighted by Crippen LogP contribution is 2.19. The zero-order valence-corrected chi connectivity index (χ0v) is 10.8. The van der Waals surface area contributed by atoms with Gasteiger partial charge in [-0.15, -0.1) is 0 Å². The first kappa shape index (κ1) is 13.7. The SMILES string of the molecule is CCCCCC(=CCC(C)C)C(C)C. The summed E-state index contributed by atoms with van der Waals surface area (Å²) in [6.45, 7) is 11.5. The minimum atomic E-state index is 0.741. The Hall–Kier alpha value is -0.260. The summed E-state index contributed by atoms with van der Waals surface area (Å²) < 4.78 is 0. The molecule has 0 aromatic carbocycles. The molecule has 0 aliphatic rings. The van der Waals surface area contributed by atoms with E-state index in [-0.39, 0.29) is 0 Å². The van der Waals surface area contributed by atoms with Crippen LogP contribution in [0.4, 0.5) is 0 Å². The van der Waals surface area contributed by atoms with Gasteiger partial charge in [0.1, 0.15) is 0 Å². The molecule has 0 unspecified atom stereocenters. The lowest BCUT2D eigenvalue weighted by Gasteiger charge is -2.12. The zero-order valence-electron chi connectivity index (χ0n) is 10.8. The molecule has 14 heavy (non-hydrogen) atoms. The van der Waals surface area contributed by atoms with E-state index in [4.69, 9.17) is 0 Å². The van der Waals surface area contributed by atoms with Crippen molar-refractivity contribution in [2.24, 2.45) is 11.8 Å². The Morgan fingerprint density at radius 2 is 1.71 bits per heavy atom. The van der Waals surface area contributed by atoms with Crippen LogP contribution in [-0.4, -0.2) is 0 Å². The van der Waals surface area contributed by atoms with Crippen molar-refractivity contribution >= 4 is 0 Å². The molecular formula is C14H28. The van der Waals surface area contributed by atoms with Crippen molar-refractivity contribution in [3.05, 3.63) is 11.6 Å². The molecule has 0 heteroatoms. The van der Waals surface area contributed by atoms with E-state index < -0.39 is 0 Å². The molecule has 0 aliphatic carbocycles. The standard InChI is InChI=1S/C14H28/c1-6-7-8-9-14(13(4)5)11-10-12(2)3/h11-13H,6-10H2,1-5H3. The number of rotatable bonds is 7. The first-order valence-electron chi connectivity index (χ1n) is 6.26. The highest BCUT2D eigenvalue weighted by molar-refractivity contribution is 5.04. The van der Waals surface area contributed by atoms with Gasteiger partial charge in [-0.25, -0.2) is 0 Å². The summed E-state index contributed by atoms with van der Waals surface area (Å²) in [7, 11) is 0. The van der Waals surface area contributed by atoms with Crippen molar-refractivity contribution in [2.45, 2.75) is 66.7 Å². The average molecular weight is 196 g/mol. The number of hydrogen-bond acceptors (Lipinski definition) is 0. The number of allylic oxidation sites excluding steroid dienone is 2. The molecule has 0 radical (unpaired) electrons. The Bertz CT molecular complexity index is 151. The molecule has 0 nitrogen and oxygen atoms in total. The molecule has 0 aromatic heterocycles. The molecule has 84 valence electrons. The maximum Gasteiger partial charge on any atom is -0.0260 e. The van der Waals surface area contributed by atoms with Crippen LogP contribution in [0.3, 0.4) is 0 Å². The fourth-order valence-corrected chi connectivity index (χ4v) is 1.59. The van der Waals surface area contributed by atoms with Gasteiger partial charge in [0, 0.05) is 0 Å². The maximum absolute atomic E-state index is 2.48. The van der Waals surface area contributed by atoms with Gasteiger partial charge in [-0.05, 0) is 31.1 Å². The molecular weight excluding hydrogens is 168 g/mol. The third kappa shape index (κ3) is 7.17. The van der Waals surface area contributed by atoms with Gasteiger partial charge in [0.15, 0.2) is 0 Å². The molecule has 0 aliphatic heterocycles. The molecule has 0 saturated carbocycles. The van der Waals surface area contributed by atoms with Gasteiger partial charge in [-0.1, -0.05) is 59.1 Å². The second-order valence-corrected chi connectivity index (χ2v) is 5.02. The maximum atomic E-state index is 2.48. The molecule has 0 atom stereocenters. The highest BCUT2D eigenvalue weighted by Gasteiger charge is 2.03. The van der Waals surface area contributed by atoms with E-state index in [9.17, 15) is 0 Å². The van der Waals surface area contributed by atoms with Crippen LogP contribution < -0.4 is 0 Å². The predicted octanol–water partition coefficient (Wildman–Crippen LogP) is 5.20. The van der Waals surface area contributed by atoms with Gasteiger partial charge >= 0.3 is 0 Å². The molecule has 0 rings (SSSR count). The molecule has 0 heterocycles. The van der Waals surface area contributed by atoms with E-state index >= 15 is 0 Å². The minimum absolute atomic E-state index is 0.741. The molecule has 0 N–H and O–H groups in total. The monoisotopic (exact) mass is 196 g/mol. The van der Waals surface area contributed by atoms with Crippen molar-refractivity contribution in [1.82, 2.24) is 0 Å². The zero-order chi connectivity index (χ0) is 11.0. The van der Waals surface area contributed by atoms with Gasteiger partial charge in [0.25, 0.3) is 0 Å². The fraction of sp³-hybridized carbons (Fsp3) is 0.857. The average Bonchev–Trinajstić information content (AvgIpc) is 2.10. The Balaban J connectivity index is 3.94. The smallest absolute Gasteiger partial charge is 0.0260 e. The van der Waals surface area contributed by atoms with Crippen LogP contribution in [-0.2, 0) is 0 Å². The summed E-state index contributed by atoms with van der Waals surface area (Å²) in [5, 5.41) is 0. The van der Waals surface area contributed by atoms with Crippen molar-refractivity contribution in [1.29, 1.82) is 0 Å². The lowest BCUT2D eigenvalue weighted by Crippen LogP contribution is -1.96. The quantitative estimate of drug-likeness (QED) is 0.388. The highest BCUT2D eigenvalue weighted by atomic mass is 14.1. The second kappa shape index (κ2) is 8.08. The van der Waals surface area contributed by atoms with Crippen LogP contribution in [0.1, 0.15) is 66.7 Å². The Morgan fingerprint density at radius 1 is 1.07 bits per heavy atom. The van der Waals surface area contributed by atoms with E-state index in [1.807, 2.05) is 0 Å². The number of unbranched alkanes of at least 4 members (excludes halogenated alkanes) is 2. The molecule has 0 bridgehead atoms. The van der Waals surface area contributed by atoms with Crippen molar-refractivity contribution in [2.75, 3.05) is 0 Å². The summed E-state index contributed by atoms with van der Waals surface area (Å²) in [4.78, 5) is 0. The van der Waals surface area contributed by atoms with E-state index in [2.05, 4.69) is 40.7 Å². The molecule has 0 fully saturated rings. The van der Waals surface area contributed by atoms with Gasteiger partial charge in [-0.3, -0.25) is 0 Å². The Morgan fingerprint density at radius 3 is 2.14 bits per heavy atom. The molecule has 0 spiro atoms. The van der Waals surface area contributed by atoms with Gasteiger partial charge in [-0.2, -0.15) is 0 Å². The van der Waals surface area contributed by atoms with E-state index in [1.165, 1.54) is 32.1 Å². The summed E-state index contributed by atoms with van der Waals surface area (Å²) in [6.07, 6.45) is 9.13. The van der Waals surface area contributed by atoms with E-state index in [1.54, 1.807) is 5.57 Å². The topological polar surface area (TPSA) is 0 Å². The lowest BCUT2D eigenvalue weighted by molar-refractivity contribution is 0.619. The van der Waals surface area contributed by atoms with Crippen molar-refractivity contribution < 1.29 is 0 Å². The van der Waals surface area contributed by atoms with E-state index in [0.717, 1.165) is 11.8 Å². The van der Waals surface area contributed by atoms with Crippen molar-refractivity contribution in [3.63, 3.8) is 0 Å². The van der Waals surface area contributed by atoms with Crippen LogP contribution in [0.15, 0.2) is 11.6 Å². The molecule has 0 aromatic rings. The van der Waals surface area contributed by atoms with Gasteiger partial charge in [0.05, 0.1) is 0 Å². The summed E-state index contributed by atoms with van der Waals surface area (Å²) >= 11 is 0. The second-order valence-electron chi connectivity index (χ2n) is 5.02. The summed E-state index contributed by atoms with van der Waals surface area (Å²) in [5.74, 6) is 1.54. The first-order valence-corrected chi connectivity index (χ1v) is 6.26. The number of hydrogen-bond donors (Lipinski definition) is 0. The first-order chi connectivity index (χ1) is 6.57. The Labute approximate surface area is 90.8 Å². The van der Waals surface area contributed by atoms with E-state index in [0.29, 0.717) is 0 Å². The Kier molecular flexibility index (Phi) is 7.93. The van der Waals surface area contributed by atoms with Crippen LogP contribution in [0.5, 0.6) is 0 Å². The van der Waals surface area contributed by atoms with Gasteiger partial charge in [0.2, 0.25) is 0 Å². The molecule has 0 amide bonds. The summed E-state index contributed by atoms with van der Waals surface area (Å²) in [5.41, 5.74) is 1.67. The summed E-state index contributed by atoms with van der Waals surface area (Å²) in [6, 6.07) is 0. The van der Waals surface area contributed by atoms with Crippen LogP contribution in [0.25, 0.3) is 0 Å². The van der Waals surface area contributed by atoms with Crippen LogP contribution >= 0.6 is 0 Å². The normalized spacial score (nSPS) is 12.9. The largest absolute Gasteiger partial charge is 0.0848 e. The van der Waals surface area contributed by atoms with Gasteiger partial charge < -0.3 is 0 Å². The fourth-order valence-electron chi connectivity index (χ4n) is 1.59. The van der Waals surface area contributed by atoms with Crippen LogP contribution in [0, 0.1) is 11.8 Å². The van der Waals surface area contributed by atoms with Crippen molar-refractivity contribution in [3.8, 4) is 0 Å². The third-order valence-corrected chi connectivity index (χ3v) is 2.66. The third-order valence-electron chi connectivity index (χ3n) is 2.66. The van der Waals surface area contributed by atoms with Crippen LogP contribution in [0.2, 0.25) is 0 Å². The minimum Gasteiger partial charge on any atom is -0.0848 e. The molecule has 0 saturated heterocycles. The lowest BCUT2D eigenvalue weighted by atomic mass is 9.94. The predicted molar refractivity (Wildman–Crippen MR) is 66.5 cm³/mol.